The summed E-state index contributed by atoms with van der Waals surface area (Å²) in [5.41, 5.74) is -0.195. The lowest BCUT2D eigenvalue weighted by atomic mass is 9.48. The third kappa shape index (κ3) is 7.78. The minimum atomic E-state index is -6.74. The zero-order chi connectivity index (χ0) is 30.9. The van der Waals surface area contributed by atoms with Crippen LogP contribution in [0.5, 0.6) is 0 Å². The Morgan fingerprint density at radius 1 is 1.07 bits per heavy atom. The predicted octanol–water partition coefficient (Wildman–Crippen LogP) is 5.63. The third-order valence-corrected chi connectivity index (χ3v) is 8.72. The van der Waals surface area contributed by atoms with Crippen molar-refractivity contribution in [1.29, 1.82) is 0 Å². The number of benzene rings is 1. The first kappa shape index (κ1) is 33.3. The van der Waals surface area contributed by atoms with Crippen molar-refractivity contribution in [2.75, 3.05) is 21.1 Å². The first-order valence-corrected chi connectivity index (χ1v) is 15.0. The number of nitrogens with zero attached hydrogens (tertiary/aromatic N) is 1. The van der Waals surface area contributed by atoms with Gasteiger partial charge in [-0.1, -0.05) is 43.3 Å². The summed E-state index contributed by atoms with van der Waals surface area (Å²) in [6, 6.07) is 10.6. The second-order valence-electron chi connectivity index (χ2n) is 12.4. The summed E-state index contributed by atoms with van der Waals surface area (Å²) < 4.78 is 110. The topological polar surface area (TPSA) is 92.7 Å². The molecule has 4 aliphatic rings. The van der Waals surface area contributed by atoms with Crippen molar-refractivity contribution in [2.24, 2.45) is 23.2 Å². The molecular formula is C28H38F5NO6S. The highest BCUT2D eigenvalue weighted by Gasteiger charge is 2.67. The Balaban J connectivity index is 0.000000352. The lowest BCUT2D eigenvalue weighted by Gasteiger charge is -2.58. The zero-order valence-corrected chi connectivity index (χ0v) is 24.4. The first-order chi connectivity index (χ1) is 18.8. The second kappa shape index (κ2) is 12.2. The summed E-state index contributed by atoms with van der Waals surface area (Å²) in [6.45, 7) is 2.92. The number of ether oxygens (including phenoxy) is 2. The molecule has 0 N–H and O–H groups in total. The molecule has 0 amide bonds. The van der Waals surface area contributed by atoms with Crippen molar-refractivity contribution in [3.05, 3.63) is 48.2 Å². The minimum absolute atomic E-state index is 0.0122. The van der Waals surface area contributed by atoms with Gasteiger partial charge in [0, 0.05) is 5.56 Å². The molecule has 4 bridgehead atoms. The maximum atomic E-state index is 13.8. The molecule has 4 atom stereocenters. The van der Waals surface area contributed by atoms with E-state index in [-0.39, 0.29) is 30.6 Å². The molecule has 4 saturated carbocycles. The van der Waals surface area contributed by atoms with Crippen LogP contribution in [0, 0.1) is 23.2 Å². The number of carbonyl (C=O) groups excluding carboxylic acids is 1. The van der Waals surface area contributed by atoms with Crippen LogP contribution in [0.1, 0.15) is 51.0 Å². The molecule has 0 heterocycles. The minimum Gasteiger partial charge on any atom is -0.743 e. The Hall–Kier alpha value is -2.25. The highest BCUT2D eigenvalue weighted by atomic mass is 32.2. The Labute approximate surface area is 238 Å². The summed E-state index contributed by atoms with van der Waals surface area (Å²) in [5.74, 6) is -1.73. The van der Waals surface area contributed by atoms with Crippen LogP contribution in [0.4, 0.5) is 22.0 Å². The molecule has 0 aromatic heterocycles. The van der Waals surface area contributed by atoms with Gasteiger partial charge in [-0.15, -0.1) is 0 Å². The number of quaternary nitrogens is 1. The van der Waals surface area contributed by atoms with Crippen molar-refractivity contribution in [1.82, 2.24) is 0 Å². The maximum absolute atomic E-state index is 13.8. The van der Waals surface area contributed by atoms with Crippen molar-refractivity contribution < 1.29 is 53.7 Å². The summed E-state index contributed by atoms with van der Waals surface area (Å²) in [5, 5.41) is -5.86. The van der Waals surface area contributed by atoms with Gasteiger partial charge in [0.05, 0.1) is 27.4 Å². The molecule has 4 fully saturated rings. The van der Waals surface area contributed by atoms with Gasteiger partial charge in [-0.25, -0.2) is 8.42 Å². The van der Waals surface area contributed by atoms with E-state index in [1.165, 1.54) is 11.8 Å². The molecule has 4 aliphatic carbocycles. The number of rotatable bonds is 9. The fraction of sp³-hybridized carbons (Fsp3) is 0.679. The van der Waals surface area contributed by atoms with Crippen LogP contribution in [0.3, 0.4) is 0 Å². The Bertz CT molecular complexity index is 1170. The number of hydrogen-bond acceptors (Lipinski definition) is 6. The standard InChI is InChI=1S/C18H23F5O6S.C10H16N/c1-2-3-4-28-13-12-6-10-5-11(7-12)9-16(13,8-10)15(24)29-14(17(19,20)21)18(22,23)30(25,26)27;1-11(2,3)9-10-7-5-4-6-8-10/h3-4,10-14H,2,5-9H2,1H3,(H,25,26,27);4-8H,9H2,1-3H3/q;+1/p-1. The molecule has 7 nitrogen and oxygen atoms in total. The van der Waals surface area contributed by atoms with Gasteiger partial charge in [0.2, 0.25) is 0 Å². The fourth-order valence-electron chi connectivity index (χ4n) is 6.57. The van der Waals surface area contributed by atoms with Crippen molar-refractivity contribution in [3.8, 4) is 0 Å². The van der Waals surface area contributed by atoms with Gasteiger partial charge in [-0.05, 0) is 56.3 Å². The summed E-state index contributed by atoms with van der Waals surface area (Å²) >= 11 is 0. The third-order valence-electron chi connectivity index (χ3n) is 7.84. The average molecular weight is 612 g/mol. The number of esters is 1. The molecule has 5 rings (SSSR count). The number of alkyl halides is 5. The highest BCUT2D eigenvalue weighted by Crippen LogP contribution is 2.62. The van der Waals surface area contributed by atoms with Crippen LogP contribution in [0.25, 0.3) is 0 Å². The fourth-order valence-corrected chi connectivity index (χ4v) is 7.01. The van der Waals surface area contributed by atoms with E-state index in [2.05, 4.69) is 56.2 Å². The Kier molecular flexibility index (Phi) is 9.86. The SMILES string of the molecule is CCC=COC1C2CC3CC(C2)CC1(C(=O)OC(C(F)(F)F)C(F)(F)S(=O)(=O)[O-])C3.C[N+](C)(C)Cc1ccccc1. The molecule has 4 unspecified atom stereocenters. The largest absolute Gasteiger partial charge is 0.743 e. The van der Waals surface area contributed by atoms with Crippen molar-refractivity contribution in [2.45, 2.75) is 75.6 Å². The van der Waals surface area contributed by atoms with Crippen LogP contribution in [-0.4, -0.2) is 68.2 Å². The smallest absolute Gasteiger partial charge is 0.432 e. The van der Waals surface area contributed by atoms with E-state index in [1.54, 1.807) is 6.08 Å². The number of halogens is 5. The lowest BCUT2D eigenvalue weighted by Crippen LogP contribution is -2.62. The number of carbonyl (C=O) groups is 1. The monoisotopic (exact) mass is 611 g/mol. The van der Waals surface area contributed by atoms with Crippen LogP contribution in [-0.2, 0) is 30.9 Å². The zero-order valence-electron chi connectivity index (χ0n) is 23.6. The molecule has 232 valence electrons. The Morgan fingerprint density at radius 3 is 2.10 bits per heavy atom. The molecule has 0 radical (unpaired) electrons. The van der Waals surface area contributed by atoms with Gasteiger partial charge in [0.25, 0.3) is 6.10 Å². The molecule has 0 spiro atoms. The molecule has 0 saturated heterocycles. The van der Waals surface area contributed by atoms with Gasteiger partial charge < -0.3 is 18.5 Å². The lowest BCUT2D eigenvalue weighted by molar-refractivity contribution is -0.884. The predicted molar refractivity (Wildman–Crippen MR) is 139 cm³/mol. The molecule has 13 heteroatoms. The van der Waals surface area contributed by atoms with Crippen molar-refractivity contribution >= 4 is 16.1 Å². The van der Waals surface area contributed by atoms with Crippen LogP contribution in [0.2, 0.25) is 0 Å². The molecule has 41 heavy (non-hydrogen) atoms. The molecular weight excluding hydrogens is 573 g/mol. The number of hydrogen-bond donors (Lipinski definition) is 0. The first-order valence-electron chi connectivity index (χ1n) is 13.6. The number of allylic oxidation sites excluding steroid dienone is 1. The van der Waals surface area contributed by atoms with E-state index in [1.807, 2.05) is 6.92 Å². The summed E-state index contributed by atoms with van der Waals surface area (Å²) in [4.78, 5) is 12.9. The van der Waals surface area contributed by atoms with Gasteiger partial charge in [0.15, 0.2) is 10.1 Å². The second-order valence-corrected chi connectivity index (χ2v) is 13.8. The van der Waals surface area contributed by atoms with Crippen LogP contribution in [0.15, 0.2) is 42.7 Å². The molecule has 1 aromatic carbocycles. The van der Waals surface area contributed by atoms with E-state index >= 15 is 0 Å². The molecule has 1 aromatic rings. The molecule has 0 aliphatic heterocycles. The van der Waals surface area contributed by atoms with Gasteiger partial charge in [0.1, 0.15) is 18.1 Å². The van der Waals surface area contributed by atoms with E-state index in [9.17, 15) is 39.7 Å². The Morgan fingerprint density at radius 2 is 1.63 bits per heavy atom. The van der Waals surface area contributed by atoms with Gasteiger partial charge in [-0.3, -0.25) is 4.79 Å². The van der Waals surface area contributed by atoms with E-state index in [0.29, 0.717) is 19.3 Å². The van der Waals surface area contributed by atoms with Crippen LogP contribution < -0.4 is 0 Å². The van der Waals surface area contributed by atoms with E-state index < -0.39 is 45.1 Å². The van der Waals surface area contributed by atoms with E-state index in [0.717, 1.165) is 17.4 Å². The van der Waals surface area contributed by atoms with Crippen molar-refractivity contribution in [3.63, 3.8) is 0 Å². The summed E-state index contributed by atoms with van der Waals surface area (Å²) in [6.07, 6.45) is -5.27. The van der Waals surface area contributed by atoms with Crippen LogP contribution >= 0.6 is 0 Å². The normalized spacial score (nSPS) is 28.6. The quantitative estimate of drug-likeness (QED) is 0.118. The average Bonchev–Trinajstić information content (AvgIpc) is 2.82. The maximum Gasteiger partial charge on any atom is 0.432 e. The van der Waals surface area contributed by atoms with Gasteiger partial charge in [-0.2, -0.15) is 22.0 Å². The summed E-state index contributed by atoms with van der Waals surface area (Å²) in [7, 11) is -0.136. The van der Waals surface area contributed by atoms with Gasteiger partial charge >= 0.3 is 17.4 Å². The highest BCUT2D eigenvalue weighted by molar-refractivity contribution is 7.86. The van der Waals surface area contributed by atoms with E-state index in [4.69, 9.17) is 4.74 Å².